The van der Waals surface area contributed by atoms with E-state index >= 15 is 0 Å². The van der Waals surface area contributed by atoms with Crippen LogP contribution < -0.4 is 15.4 Å². The first-order valence-corrected chi connectivity index (χ1v) is 9.27. The zero-order valence-corrected chi connectivity index (χ0v) is 15.5. The summed E-state index contributed by atoms with van der Waals surface area (Å²) in [6.07, 6.45) is 0.132. The maximum absolute atomic E-state index is 13.0. The fraction of sp³-hybridized carbons (Fsp3) is 0.130. The predicted octanol–water partition coefficient (Wildman–Crippen LogP) is 4.36. The lowest BCUT2D eigenvalue weighted by Crippen LogP contribution is -2.34. The number of benzene rings is 3. The van der Waals surface area contributed by atoms with Gasteiger partial charge in [0.15, 0.2) is 0 Å². The van der Waals surface area contributed by atoms with E-state index in [0.29, 0.717) is 23.7 Å². The third-order valence-electron chi connectivity index (χ3n) is 4.76. The van der Waals surface area contributed by atoms with Crippen molar-refractivity contribution < 1.29 is 18.7 Å². The molecule has 29 heavy (non-hydrogen) atoms. The van der Waals surface area contributed by atoms with Gasteiger partial charge in [0.2, 0.25) is 11.8 Å². The Morgan fingerprint density at radius 1 is 1.00 bits per heavy atom. The van der Waals surface area contributed by atoms with Gasteiger partial charge in [0.05, 0.1) is 5.92 Å². The summed E-state index contributed by atoms with van der Waals surface area (Å²) in [7, 11) is 0. The summed E-state index contributed by atoms with van der Waals surface area (Å²) in [4.78, 5) is 24.6. The lowest BCUT2D eigenvalue weighted by atomic mass is 9.90. The van der Waals surface area contributed by atoms with Crippen LogP contribution in [0.5, 0.6) is 11.5 Å². The number of ether oxygens (including phenoxy) is 1. The lowest BCUT2D eigenvalue weighted by molar-refractivity contribution is -0.126. The molecule has 1 aliphatic heterocycles. The molecule has 146 valence electrons. The molecule has 0 saturated carbocycles. The highest BCUT2D eigenvalue weighted by Crippen LogP contribution is 2.32. The predicted molar refractivity (Wildman–Crippen MR) is 107 cm³/mol. The first-order valence-electron chi connectivity index (χ1n) is 9.27. The van der Waals surface area contributed by atoms with Crippen LogP contribution in [0.1, 0.15) is 23.5 Å². The molecule has 2 N–H and O–H groups in total. The first-order chi connectivity index (χ1) is 14.1. The van der Waals surface area contributed by atoms with E-state index in [1.165, 1.54) is 12.1 Å². The van der Waals surface area contributed by atoms with E-state index in [1.807, 2.05) is 30.3 Å². The topological polar surface area (TPSA) is 67.4 Å². The second-order valence-corrected chi connectivity index (χ2v) is 6.81. The van der Waals surface area contributed by atoms with Crippen molar-refractivity contribution >= 4 is 17.5 Å². The van der Waals surface area contributed by atoms with E-state index in [2.05, 4.69) is 10.6 Å². The van der Waals surface area contributed by atoms with Gasteiger partial charge < -0.3 is 15.4 Å². The minimum absolute atomic E-state index is 0.132. The Morgan fingerprint density at radius 2 is 1.66 bits per heavy atom. The highest BCUT2D eigenvalue weighted by atomic mass is 19.1. The molecule has 0 radical (unpaired) electrons. The van der Waals surface area contributed by atoms with Crippen molar-refractivity contribution in [2.45, 2.75) is 18.9 Å². The largest absolute Gasteiger partial charge is 0.457 e. The Balaban J connectivity index is 1.37. The van der Waals surface area contributed by atoms with Gasteiger partial charge in [-0.1, -0.05) is 30.3 Å². The summed E-state index contributed by atoms with van der Waals surface area (Å²) in [6.45, 7) is 0.343. The van der Waals surface area contributed by atoms with Gasteiger partial charge in [0.25, 0.3) is 0 Å². The van der Waals surface area contributed by atoms with E-state index < -0.39 is 5.92 Å². The van der Waals surface area contributed by atoms with Crippen molar-refractivity contribution in [3.05, 3.63) is 89.7 Å². The standard InChI is InChI=1S/C23H19FN2O3/c24-16-7-11-18(12-8-16)29-17-9-5-15(6-10-17)14-25-23(28)20-13-22(27)26-21-4-2-1-3-19(20)21/h1-12,20H,13-14H2,(H,25,28)(H,26,27). The fourth-order valence-electron chi connectivity index (χ4n) is 3.27. The van der Waals surface area contributed by atoms with Crippen LogP contribution in [0.15, 0.2) is 72.8 Å². The molecular weight excluding hydrogens is 371 g/mol. The zero-order valence-electron chi connectivity index (χ0n) is 15.5. The van der Waals surface area contributed by atoms with Crippen molar-refractivity contribution in [2.75, 3.05) is 5.32 Å². The van der Waals surface area contributed by atoms with Crippen LogP contribution in [0, 0.1) is 5.82 Å². The van der Waals surface area contributed by atoms with Crippen LogP contribution in [-0.4, -0.2) is 11.8 Å². The molecule has 1 unspecified atom stereocenters. The number of amides is 2. The normalized spacial score (nSPS) is 15.2. The molecule has 0 fully saturated rings. The monoisotopic (exact) mass is 390 g/mol. The van der Waals surface area contributed by atoms with Gasteiger partial charge in [0.1, 0.15) is 17.3 Å². The third kappa shape index (κ3) is 4.43. The minimum atomic E-state index is -0.499. The summed E-state index contributed by atoms with van der Waals surface area (Å²) in [5.74, 6) is -0.00103. The van der Waals surface area contributed by atoms with Crippen LogP contribution >= 0.6 is 0 Å². The molecule has 0 aromatic heterocycles. The number of carbonyl (C=O) groups excluding carboxylic acids is 2. The number of halogens is 1. The molecule has 0 spiro atoms. The molecule has 0 saturated heterocycles. The van der Waals surface area contributed by atoms with Crippen molar-refractivity contribution in [3.8, 4) is 11.5 Å². The smallest absolute Gasteiger partial charge is 0.228 e. The van der Waals surface area contributed by atoms with Gasteiger partial charge in [-0.15, -0.1) is 0 Å². The lowest BCUT2D eigenvalue weighted by Gasteiger charge is -2.24. The number of hydrogen-bond acceptors (Lipinski definition) is 3. The molecule has 3 aromatic carbocycles. The average molecular weight is 390 g/mol. The van der Waals surface area contributed by atoms with Gasteiger partial charge >= 0.3 is 0 Å². The van der Waals surface area contributed by atoms with Crippen molar-refractivity contribution in [1.82, 2.24) is 5.32 Å². The summed E-state index contributed by atoms with van der Waals surface area (Å²) in [5, 5.41) is 5.70. The number of para-hydroxylation sites is 1. The number of fused-ring (bicyclic) bond motifs is 1. The van der Waals surface area contributed by atoms with Crippen molar-refractivity contribution in [3.63, 3.8) is 0 Å². The maximum atomic E-state index is 13.0. The third-order valence-corrected chi connectivity index (χ3v) is 4.76. The van der Waals surface area contributed by atoms with Gasteiger partial charge in [0, 0.05) is 18.7 Å². The number of hydrogen-bond donors (Lipinski definition) is 2. The van der Waals surface area contributed by atoms with E-state index in [-0.39, 0.29) is 24.1 Å². The first kappa shape index (κ1) is 18.7. The molecule has 4 rings (SSSR count). The molecule has 5 nitrogen and oxygen atoms in total. The van der Waals surface area contributed by atoms with Crippen LogP contribution in [-0.2, 0) is 16.1 Å². The molecule has 6 heteroatoms. The summed E-state index contributed by atoms with van der Waals surface area (Å²) in [6, 6.07) is 20.4. The number of rotatable bonds is 5. The summed E-state index contributed by atoms with van der Waals surface area (Å²) >= 11 is 0. The Labute approximate surface area is 167 Å². The molecule has 2 amide bonds. The van der Waals surface area contributed by atoms with E-state index in [0.717, 1.165) is 11.1 Å². The fourth-order valence-corrected chi connectivity index (χ4v) is 3.27. The molecule has 1 heterocycles. The van der Waals surface area contributed by atoms with Gasteiger partial charge in [-0.2, -0.15) is 0 Å². The van der Waals surface area contributed by atoms with E-state index in [1.54, 1.807) is 30.3 Å². The zero-order chi connectivity index (χ0) is 20.2. The Kier molecular flexibility index (Phi) is 5.24. The molecule has 0 aliphatic carbocycles. The van der Waals surface area contributed by atoms with Crippen molar-refractivity contribution in [2.24, 2.45) is 0 Å². The van der Waals surface area contributed by atoms with Crippen LogP contribution in [0.25, 0.3) is 0 Å². The number of carbonyl (C=O) groups is 2. The minimum Gasteiger partial charge on any atom is -0.457 e. The van der Waals surface area contributed by atoms with Gasteiger partial charge in [-0.05, 0) is 53.6 Å². The summed E-state index contributed by atoms with van der Waals surface area (Å²) in [5.41, 5.74) is 2.41. The quantitative estimate of drug-likeness (QED) is 0.680. The Bertz CT molecular complexity index is 1030. The maximum Gasteiger partial charge on any atom is 0.228 e. The molecular formula is C23H19FN2O3. The summed E-state index contributed by atoms with van der Waals surface area (Å²) < 4.78 is 18.6. The van der Waals surface area contributed by atoms with Crippen molar-refractivity contribution in [1.29, 1.82) is 0 Å². The molecule has 1 atom stereocenters. The Hall–Kier alpha value is -3.67. The second kappa shape index (κ2) is 8.14. The highest BCUT2D eigenvalue weighted by molar-refractivity contribution is 6.01. The number of anilines is 1. The highest BCUT2D eigenvalue weighted by Gasteiger charge is 2.30. The van der Waals surface area contributed by atoms with E-state index in [4.69, 9.17) is 4.74 Å². The molecule has 1 aliphatic rings. The second-order valence-electron chi connectivity index (χ2n) is 6.81. The average Bonchev–Trinajstić information content (AvgIpc) is 2.74. The SMILES string of the molecule is O=C1CC(C(=O)NCc2ccc(Oc3ccc(F)cc3)cc2)c2ccccc2N1. The van der Waals surface area contributed by atoms with Gasteiger partial charge in [-0.25, -0.2) is 4.39 Å². The van der Waals surface area contributed by atoms with Gasteiger partial charge in [-0.3, -0.25) is 9.59 Å². The number of nitrogens with one attached hydrogen (secondary N) is 2. The molecule has 0 bridgehead atoms. The van der Waals surface area contributed by atoms with Crippen LogP contribution in [0.2, 0.25) is 0 Å². The van der Waals surface area contributed by atoms with E-state index in [9.17, 15) is 14.0 Å². The Morgan fingerprint density at radius 3 is 2.38 bits per heavy atom. The van der Waals surface area contributed by atoms with Crippen LogP contribution in [0.3, 0.4) is 0 Å². The molecule has 3 aromatic rings. The van der Waals surface area contributed by atoms with Crippen LogP contribution in [0.4, 0.5) is 10.1 Å².